The maximum atomic E-state index is 5.29. The minimum atomic E-state index is 0.537. The van der Waals surface area contributed by atoms with Gasteiger partial charge in [0, 0.05) is 23.5 Å². The summed E-state index contributed by atoms with van der Waals surface area (Å²) < 4.78 is 10.5. The number of hydrogen-bond donors (Lipinski definition) is 2. The van der Waals surface area contributed by atoms with Gasteiger partial charge in [0.15, 0.2) is 0 Å². The Labute approximate surface area is 134 Å². The molecule has 0 unspecified atom stereocenters. The fourth-order valence-corrected chi connectivity index (χ4v) is 2.14. The molecule has 3 aromatic rings. The largest absolute Gasteiger partial charge is 0.497 e. The number of hydrogen-bond acceptors (Lipinski definition) is 6. The van der Waals surface area contributed by atoms with Gasteiger partial charge in [-0.05, 0) is 31.2 Å². The lowest BCUT2D eigenvalue weighted by Gasteiger charge is -2.10. The van der Waals surface area contributed by atoms with Crippen molar-refractivity contribution in [3.63, 3.8) is 0 Å². The predicted octanol–water partition coefficient (Wildman–Crippen LogP) is 3.74. The van der Waals surface area contributed by atoms with E-state index in [0.29, 0.717) is 18.3 Å². The van der Waals surface area contributed by atoms with E-state index in [-0.39, 0.29) is 0 Å². The van der Waals surface area contributed by atoms with Crippen LogP contribution in [0.1, 0.15) is 11.5 Å². The summed E-state index contributed by atoms with van der Waals surface area (Å²) in [7, 11) is 1.64. The fraction of sp³-hybridized carbons (Fsp3) is 0.176. The molecule has 0 radical (unpaired) electrons. The van der Waals surface area contributed by atoms with Crippen molar-refractivity contribution < 1.29 is 9.15 Å². The maximum absolute atomic E-state index is 5.29. The van der Waals surface area contributed by atoms with Crippen LogP contribution >= 0.6 is 0 Å². The molecule has 0 aliphatic heterocycles. The number of methoxy groups -OCH3 is 1. The third-order valence-electron chi connectivity index (χ3n) is 3.20. The van der Waals surface area contributed by atoms with Gasteiger partial charge in [0.2, 0.25) is 5.95 Å². The van der Waals surface area contributed by atoms with E-state index in [4.69, 9.17) is 9.15 Å². The third kappa shape index (κ3) is 4.00. The number of aromatic nitrogens is 2. The molecule has 0 bridgehead atoms. The molecule has 0 aliphatic carbocycles. The van der Waals surface area contributed by atoms with Crippen LogP contribution in [0.5, 0.6) is 5.75 Å². The van der Waals surface area contributed by atoms with E-state index < -0.39 is 0 Å². The van der Waals surface area contributed by atoms with Crippen molar-refractivity contribution >= 4 is 17.5 Å². The lowest BCUT2D eigenvalue weighted by Crippen LogP contribution is -2.05. The van der Waals surface area contributed by atoms with E-state index in [0.717, 1.165) is 22.9 Å². The Morgan fingerprint density at radius 2 is 2.04 bits per heavy atom. The molecule has 2 aromatic heterocycles. The van der Waals surface area contributed by atoms with Gasteiger partial charge < -0.3 is 19.8 Å². The molecular formula is C17H18N4O2. The summed E-state index contributed by atoms with van der Waals surface area (Å²) >= 11 is 0. The van der Waals surface area contributed by atoms with Gasteiger partial charge in [0.1, 0.15) is 17.3 Å². The average molecular weight is 310 g/mol. The summed E-state index contributed by atoms with van der Waals surface area (Å²) in [5.74, 6) is 2.88. The van der Waals surface area contributed by atoms with E-state index in [1.807, 2.05) is 49.4 Å². The van der Waals surface area contributed by atoms with Crippen LogP contribution in [0.4, 0.5) is 17.5 Å². The van der Waals surface area contributed by atoms with Crippen LogP contribution in [0.15, 0.2) is 53.1 Å². The second-order valence-corrected chi connectivity index (χ2v) is 5.01. The van der Waals surface area contributed by atoms with Crippen molar-refractivity contribution in [3.8, 4) is 5.75 Å². The highest BCUT2D eigenvalue weighted by Gasteiger charge is 2.04. The zero-order valence-electron chi connectivity index (χ0n) is 13.0. The average Bonchev–Trinajstić information content (AvgIpc) is 3.06. The van der Waals surface area contributed by atoms with Crippen LogP contribution in [0.25, 0.3) is 0 Å². The SMILES string of the molecule is COc1cccc(Nc2cc(C)nc(NCc3ccco3)n2)c1. The lowest BCUT2D eigenvalue weighted by molar-refractivity contribution is 0.415. The Balaban J connectivity index is 1.74. The number of nitrogens with one attached hydrogen (secondary N) is 2. The van der Waals surface area contributed by atoms with E-state index in [1.165, 1.54) is 0 Å². The van der Waals surface area contributed by atoms with E-state index >= 15 is 0 Å². The van der Waals surface area contributed by atoms with Crippen molar-refractivity contribution in [2.45, 2.75) is 13.5 Å². The second-order valence-electron chi connectivity index (χ2n) is 5.01. The predicted molar refractivity (Wildman–Crippen MR) is 89.1 cm³/mol. The molecule has 0 spiro atoms. The summed E-state index contributed by atoms with van der Waals surface area (Å²) in [6.45, 7) is 2.46. The summed E-state index contributed by atoms with van der Waals surface area (Å²) in [4.78, 5) is 8.85. The van der Waals surface area contributed by atoms with E-state index in [1.54, 1.807) is 13.4 Å². The van der Waals surface area contributed by atoms with Gasteiger partial charge in [0.25, 0.3) is 0 Å². The van der Waals surface area contributed by atoms with Gasteiger partial charge in [0.05, 0.1) is 19.9 Å². The molecule has 1 aromatic carbocycles. The molecule has 0 aliphatic rings. The first-order valence-corrected chi connectivity index (χ1v) is 7.26. The number of rotatable bonds is 6. The Kier molecular flexibility index (Phi) is 4.42. The van der Waals surface area contributed by atoms with Gasteiger partial charge in [-0.2, -0.15) is 4.98 Å². The topological polar surface area (TPSA) is 72.2 Å². The lowest BCUT2D eigenvalue weighted by atomic mass is 10.3. The summed E-state index contributed by atoms with van der Waals surface area (Å²) in [5.41, 5.74) is 1.77. The van der Waals surface area contributed by atoms with Crippen molar-refractivity contribution in [1.29, 1.82) is 0 Å². The second kappa shape index (κ2) is 6.83. The van der Waals surface area contributed by atoms with Crippen molar-refractivity contribution in [2.75, 3.05) is 17.7 Å². The molecule has 118 valence electrons. The maximum Gasteiger partial charge on any atom is 0.225 e. The van der Waals surface area contributed by atoms with Crippen LogP contribution < -0.4 is 15.4 Å². The standard InChI is InChI=1S/C17H18N4O2/c1-12-9-16(20-13-5-3-6-14(10-13)22-2)21-17(19-12)18-11-15-7-4-8-23-15/h3-10H,11H2,1-2H3,(H2,18,19,20,21). The molecule has 0 saturated heterocycles. The van der Waals surface area contributed by atoms with Crippen molar-refractivity contribution in [1.82, 2.24) is 9.97 Å². The Hall–Kier alpha value is -3.02. The molecule has 0 atom stereocenters. The molecule has 2 N–H and O–H groups in total. The van der Waals surface area contributed by atoms with Crippen LogP contribution in [0.2, 0.25) is 0 Å². The zero-order valence-corrected chi connectivity index (χ0v) is 13.0. The Bertz CT molecular complexity index is 772. The molecule has 23 heavy (non-hydrogen) atoms. The van der Waals surface area contributed by atoms with E-state index in [2.05, 4.69) is 20.6 Å². The van der Waals surface area contributed by atoms with Crippen LogP contribution in [-0.2, 0) is 6.54 Å². The van der Waals surface area contributed by atoms with Crippen LogP contribution in [0, 0.1) is 6.92 Å². The normalized spacial score (nSPS) is 10.3. The molecular weight excluding hydrogens is 292 g/mol. The third-order valence-corrected chi connectivity index (χ3v) is 3.20. The smallest absolute Gasteiger partial charge is 0.225 e. The highest BCUT2D eigenvalue weighted by atomic mass is 16.5. The van der Waals surface area contributed by atoms with Gasteiger partial charge in [-0.1, -0.05) is 6.07 Å². The zero-order chi connectivity index (χ0) is 16.1. The number of nitrogens with zero attached hydrogens (tertiary/aromatic N) is 2. The first kappa shape index (κ1) is 14.9. The fourth-order valence-electron chi connectivity index (χ4n) is 2.14. The monoisotopic (exact) mass is 310 g/mol. The van der Waals surface area contributed by atoms with Gasteiger partial charge in [-0.25, -0.2) is 4.98 Å². The van der Waals surface area contributed by atoms with Crippen LogP contribution in [0.3, 0.4) is 0 Å². The first-order valence-electron chi connectivity index (χ1n) is 7.26. The molecule has 2 heterocycles. The minimum absolute atomic E-state index is 0.537. The van der Waals surface area contributed by atoms with Crippen LogP contribution in [-0.4, -0.2) is 17.1 Å². The van der Waals surface area contributed by atoms with Gasteiger partial charge in [-0.15, -0.1) is 0 Å². The summed E-state index contributed by atoms with van der Waals surface area (Å²) in [6.07, 6.45) is 1.64. The van der Waals surface area contributed by atoms with E-state index in [9.17, 15) is 0 Å². The molecule has 0 fully saturated rings. The Morgan fingerprint density at radius 1 is 1.13 bits per heavy atom. The number of furan rings is 1. The summed E-state index contributed by atoms with van der Waals surface area (Å²) in [5, 5.41) is 6.41. The molecule has 6 heteroatoms. The molecule has 6 nitrogen and oxygen atoms in total. The number of ether oxygens (including phenoxy) is 1. The van der Waals surface area contributed by atoms with Gasteiger partial charge in [-0.3, -0.25) is 0 Å². The quantitative estimate of drug-likeness (QED) is 0.722. The number of aryl methyl sites for hydroxylation is 1. The molecule has 0 saturated carbocycles. The number of benzene rings is 1. The summed E-state index contributed by atoms with van der Waals surface area (Å²) in [6, 6.07) is 13.3. The Morgan fingerprint density at radius 3 is 2.83 bits per heavy atom. The number of anilines is 3. The van der Waals surface area contributed by atoms with Gasteiger partial charge >= 0.3 is 0 Å². The highest BCUT2D eigenvalue weighted by Crippen LogP contribution is 2.21. The first-order chi connectivity index (χ1) is 11.2. The van der Waals surface area contributed by atoms with Crippen molar-refractivity contribution in [3.05, 3.63) is 60.2 Å². The molecule has 0 amide bonds. The van der Waals surface area contributed by atoms with Crippen molar-refractivity contribution in [2.24, 2.45) is 0 Å². The molecule has 3 rings (SSSR count). The minimum Gasteiger partial charge on any atom is -0.497 e. The highest BCUT2D eigenvalue weighted by molar-refractivity contribution is 5.59.